The third kappa shape index (κ3) is 10.3. The van der Waals surface area contributed by atoms with Crippen molar-refractivity contribution in [2.75, 3.05) is 19.8 Å². The molecule has 0 radical (unpaired) electrons. The number of hydrogen-bond acceptors (Lipinski definition) is 3. The number of β-amino-alcohol motifs (C(OH)–C–C–N with tert-alkyl or cyclic N) is 1. The summed E-state index contributed by atoms with van der Waals surface area (Å²) in [6.07, 6.45) is 5.58. The second kappa shape index (κ2) is 7.00. The van der Waals surface area contributed by atoms with Gasteiger partial charge in [0, 0.05) is 12.1 Å². The van der Waals surface area contributed by atoms with Crippen molar-refractivity contribution < 1.29 is 9.84 Å². The van der Waals surface area contributed by atoms with Gasteiger partial charge in [0.1, 0.15) is 6.61 Å². The summed E-state index contributed by atoms with van der Waals surface area (Å²) < 4.78 is 5.08. The first-order valence-corrected chi connectivity index (χ1v) is 6.10. The van der Waals surface area contributed by atoms with E-state index < -0.39 is 6.10 Å². The number of aliphatic hydroxyl groups excluding tert-OH is 1. The number of terminal acetylenes is 1. The Labute approximate surface area is 106 Å². The van der Waals surface area contributed by atoms with Crippen molar-refractivity contribution in [1.82, 2.24) is 5.32 Å². The lowest BCUT2D eigenvalue weighted by molar-refractivity contribution is 0.0455. The molecule has 0 aliphatic carbocycles. The van der Waals surface area contributed by atoms with Crippen LogP contribution in [-0.4, -0.2) is 36.5 Å². The van der Waals surface area contributed by atoms with Crippen LogP contribution in [-0.2, 0) is 4.74 Å². The smallest absolute Gasteiger partial charge is 0.107 e. The van der Waals surface area contributed by atoms with Gasteiger partial charge in [-0.2, -0.15) is 0 Å². The van der Waals surface area contributed by atoms with E-state index in [1.807, 2.05) is 0 Å². The second-order valence-corrected chi connectivity index (χ2v) is 6.38. The topological polar surface area (TPSA) is 41.5 Å². The van der Waals surface area contributed by atoms with Gasteiger partial charge in [-0.3, -0.25) is 0 Å². The molecule has 2 N–H and O–H groups in total. The highest BCUT2D eigenvalue weighted by atomic mass is 16.5. The molecule has 0 aliphatic heterocycles. The normalized spacial score (nSPS) is 14.4. The highest BCUT2D eigenvalue weighted by Crippen LogP contribution is 2.26. The van der Waals surface area contributed by atoms with Gasteiger partial charge in [0.2, 0.25) is 0 Å². The van der Waals surface area contributed by atoms with Gasteiger partial charge in [-0.25, -0.2) is 0 Å². The van der Waals surface area contributed by atoms with Crippen molar-refractivity contribution in [1.29, 1.82) is 0 Å². The first kappa shape index (κ1) is 16.4. The van der Waals surface area contributed by atoms with Crippen LogP contribution in [0.3, 0.4) is 0 Å². The molecule has 0 saturated carbocycles. The van der Waals surface area contributed by atoms with E-state index >= 15 is 0 Å². The summed E-state index contributed by atoms with van der Waals surface area (Å²) in [5.41, 5.74) is 0.271. The molecule has 0 aliphatic rings. The molecule has 0 bridgehead atoms. The molecule has 0 aromatic carbocycles. The predicted octanol–water partition coefficient (Wildman–Crippen LogP) is 1.80. The van der Waals surface area contributed by atoms with E-state index in [0.717, 1.165) is 6.42 Å². The molecule has 3 heteroatoms. The van der Waals surface area contributed by atoms with Crippen molar-refractivity contribution in [3.8, 4) is 12.3 Å². The number of ether oxygens (including phenoxy) is 1. The fourth-order valence-corrected chi connectivity index (χ4v) is 2.10. The Morgan fingerprint density at radius 2 is 1.88 bits per heavy atom. The molecule has 17 heavy (non-hydrogen) atoms. The van der Waals surface area contributed by atoms with E-state index in [9.17, 15) is 5.11 Å². The van der Waals surface area contributed by atoms with Crippen LogP contribution < -0.4 is 5.32 Å². The maximum Gasteiger partial charge on any atom is 0.107 e. The predicted molar refractivity (Wildman–Crippen MR) is 71.8 cm³/mol. The Kier molecular flexibility index (Phi) is 6.77. The van der Waals surface area contributed by atoms with Crippen molar-refractivity contribution in [2.45, 2.75) is 52.7 Å². The molecule has 3 nitrogen and oxygen atoms in total. The van der Waals surface area contributed by atoms with Gasteiger partial charge in [-0.1, -0.05) is 26.7 Å². The number of rotatable bonds is 7. The summed E-state index contributed by atoms with van der Waals surface area (Å²) in [5.74, 6) is 2.37. The second-order valence-electron chi connectivity index (χ2n) is 6.38. The maximum atomic E-state index is 9.68. The Bertz CT molecular complexity index is 248. The van der Waals surface area contributed by atoms with Crippen LogP contribution in [0.15, 0.2) is 0 Å². The molecule has 0 saturated heterocycles. The van der Waals surface area contributed by atoms with Gasteiger partial charge >= 0.3 is 0 Å². The maximum absolute atomic E-state index is 9.68. The summed E-state index contributed by atoms with van der Waals surface area (Å²) in [5, 5.41) is 13.0. The van der Waals surface area contributed by atoms with Gasteiger partial charge in [0.05, 0.1) is 12.7 Å². The van der Waals surface area contributed by atoms with Crippen molar-refractivity contribution in [3.63, 3.8) is 0 Å². The zero-order valence-electron chi connectivity index (χ0n) is 11.8. The van der Waals surface area contributed by atoms with E-state index in [-0.39, 0.29) is 24.2 Å². The highest BCUT2D eigenvalue weighted by Gasteiger charge is 2.25. The monoisotopic (exact) mass is 241 g/mol. The summed E-state index contributed by atoms with van der Waals surface area (Å²) in [7, 11) is 0. The van der Waals surface area contributed by atoms with Gasteiger partial charge in [0.25, 0.3) is 0 Å². The molecule has 0 unspecified atom stereocenters. The molecule has 0 heterocycles. The SMILES string of the molecule is C#CCOC[C@@H](O)CNC(C)(C)CC(C)(C)C. The third-order valence-corrected chi connectivity index (χ3v) is 2.28. The summed E-state index contributed by atoms with van der Waals surface area (Å²) in [4.78, 5) is 0. The summed E-state index contributed by atoms with van der Waals surface area (Å²) >= 11 is 0. The van der Waals surface area contributed by atoms with E-state index in [1.54, 1.807) is 0 Å². The Morgan fingerprint density at radius 1 is 1.29 bits per heavy atom. The lowest BCUT2D eigenvalue weighted by Gasteiger charge is -2.34. The minimum absolute atomic E-state index is 0.00530. The Hall–Kier alpha value is -0.560. The van der Waals surface area contributed by atoms with Crippen LogP contribution in [0.5, 0.6) is 0 Å². The largest absolute Gasteiger partial charge is 0.389 e. The summed E-state index contributed by atoms with van der Waals surface area (Å²) in [6, 6.07) is 0. The van der Waals surface area contributed by atoms with Gasteiger partial charge in [-0.05, 0) is 25.7 Å². The highest BCUT2D eigenvalue weighted by molar-refractivity contribution is 4.85. The Morgan fingerprint density at radius 3 is 2.35 bits per heavy atom. The number of hydrogen-bond donors (Lipinski definition) is 2. The van der Waals surface area contributed by atoms with Crippen molar-refractivity contribution >= 4 is 0 Å². The van der Waals surface area contributed by atoms with E-state index in [4.69, 9.17) is 11.2 Å². The molecule has 100 valence electrons. The van der Waals surface area contributed by atoms with Crippen LogP contribution in [0.1, 0.15) is 41.0 Å². The molecule has 0 fully saturated rings. The number of nitrogens with one attached hydrogen (secondary N) is 1. The fraction of sp³-hybridized carbons (Fsp3) is 0.857. The van der Waals surface area contributed by atoms with Crippen LogP contribution in [0.4, 0.5) is 0 Å². The molecule has 0 rings (SSSR count). The molecule has 0 aromatic heterocycles. The zero-order chi connectivity index (χ0) is 13.5. The first-order chi connectivity index (χ1) is 7.66. The average molecular weight is 241 g/mol. The lowest BCUT2D eigenvalue weighted by Crippen LogP contribution is -2.46. The standard InChI is InChI=1S/C14H27NO2/c1-7-8-17-10-12(16)9-15-14(5,6)11-13(2,3)4/h1,12,15-16H,8-11H2,2-6H3/t12-/m0/s1. The minimum Gasteiger partial charge on any atom is -0.389 e. The molecular weight excluding hydrogens is 214 g/mol. The first-order valence-electron chi connectivity index (χ1n) is 6.10. The van der Waals surface area contributed by atoms with Crippen LogP contribution in [0, 0.1) is 17.8 Å². The molecule has 0 aromatic rings. The quantitative estimate of drug-likeness (QED) is 0.527. The summed E-state index contributed by atoms with van der Waals surface area (Å²) in [6.45, 7) is 12.0. The van der Waals surface area contributed by atoms with Crippen LogP contribution in [0.2, 0.25) is 0 Å². The lowest BCUT2D eigenvalue weighted by atomic mass is 9.82. The van der Waals surface area contributed by atoms with Gasteiger partial charge in [0.15, 0.2) is 0 Å². The fourth-order valence-electron chi connectivity index (χ4n) is 2.10. The third-order valence-electron chi connectivity index (χ3n) is 2.28. The molecule has 1 atom stereocenters. The molecule has 0 amide bonds. The molecule has 0 spiro atoms. The average Bonchev–Trinajstić information content (AvgIpc) is 2.12. The van der Waals surface area contributed by atoms with Gasteiger partial charge < -0.3 is 15.2 Å². The molecular formula is C14H27NO2. The minimum atomic E-state index is -0.511. The van der Waals surface area contributed by atoms with Crippen LogP contribution >= 0.6 is 0 Å². The van der Waals surface area contributed by atoms with Crippen molar-refractivity contribution in [2.24, 2.45) is 5.41 Å². The number of aliphatic hydroxyl groups is 1. The van der Waals surface area contributed by atoms with E-state index in [0.29, 0.717) is 6.54 Å². The Balaban J connectivity index is 3.89. The van der Waals surface area contributed by atoms with E-state index in [1.165, 1.54) is 0 Å². The van der Waals surface area contributed by atoms with Crippen molar-refractivity contribution in [3.05, 3.63) is 0 Å². The van der Waals surface area contributed by atoms with E-state index in [2.05, 4.69) is 45.9 Å². The van der Waals surface area contributed by atoms with Crippen LogP contribution in [0.25, 0.3) is 0 Å². The zero-order valence-corrected chi connectivity index (χ0v) is 11.8. The van der Waals surface area contributed by atoms with Gasteiger partial charge in [-0.15, -0.1) is 6.42 Å².